The van der Waals surface area contributed by atoms with Gasteiger partial charge >= 0.3 is 0 Å². The number of H-pyrrole nitrogens is 1. The van der Waals surface area contributed by atoms with Gasteiger partial charge in [0.2, 0.25) is 5.56 Å². The first-order chi connectivity index (χ1) is 8.58. The van der Waals surface area contributed by atoms with Crippen LogP contribution in [0.15, 0.2) is 45.8 Å². The van der Waals surface area contributed by atoms with Crippen LogP contribution in [-0.4, -0.2) is 10.9 Å². The largest absolute Gasteiger partial charge is 0.328 e. The van der Waals surface area contributed by atoms with Crippen molar-refractivity contribution >= 4 is 27.5 Å². The molecule has 0 aliphatic heterocycles. The maximum absolute atomic E-state index is 13.5. The van der Waals surface area contributed by atoms with Gasteiger partial charge < -0.3 is 10.3 Å². The Balaban J connectivity index is 2.27. The van der Waals surface area contributed by atoms with E-state index in [1.165, 1.54) is 30.5 Å². The van der Waals surface area contributed by atoms with Gasteiger partial charge in [-0.05, 0) is 34.1 Å². The Morgan fingerprint density at radius 3 is 2.67 bits per heavy atom. The van der Waals surface area contributed by atoms with Gasteiger partial charge in [-0.3, -0.25) is 9.59 Å². The molecule has 2 aromatic rings. The molecule has 0 fully saturated rings. The number of aromatic amines is 1. The summed E-state index contributed by atoms with van der Waals surface area (Å²) in [6.45, 7) is 0. The summed E-state index contributed by atoms with van der Waals surface area (Å²) in [5.74, 6) is -1.04. The normalized spacial score (nSPS) is 10.1. The standard InChI is InChI=1S/C12H8BrFN2O2/c13-8-2-1-3-9(14)11(8)16-12(18)7-4-5-10(17)15-6-7/h1-6H,(H,15,17)(H,16,18). The molecule has 1 aromatic carbocycles. The zero-order valence-corrected chi connectivity index (χ0v) is 10.6. The predicted octanol–water partition coefficient (Wildman–Crippen LogP) is 2.53. The highest BCUT2D eigenvalue weighted by Gasteiger charge is 2.11. The second-order valence-electron chi connectivity index (χ2n) is 3.49. The average molecular weight is 311 g/mol. The van der Waals surface area contributed by atoms with Gasteiger partial charge in [0.25, 0.3) is 5.91 Å². The van der Waals surface area contributed by atoms with Gasteiger partial charge in [-0.2, -0.15) is 0 Å². The van der Waals surface area contributed by atoms with E-state index >= 15 is 0 Å². The lowest BCUT2D eigenvalue weighted by Crippen LogP contribution is -2.15. The number of hydrogen-bond donors (Lipinski definition) is 2. The molecule has 1 amide bonds. The Bertz CT molecular complexity index is 614. The van der Waals surface area contributed by atoms with E-state index in [1.807, 2.05) is 0 Å². The number of pyridine rings is 1. The van der Waals surface area contributed by atoms with Crippen molar-refractivity contribution in [2.45, 2.75) is 0 Å². The summed E-state index contributed by atoms with van der Waals surface area (Å²) in [6.07, 6.45) is 1.27. The summed E-state index contributed by atoms with van der Waals surface area (Å²) in [5.41, 5.74) is -0.00271. The fourth-order valence-corrected chi connectivity index (χ4v) is 1.80. The molecule has 0 spiro atoms. The van der Waals surface area contributed by atoms with E-state index in [2.05, 4.69) is 26.2 Å². The highest BCUT2D eigenvalue weighted by molar-refractivity contribution is 9.10. The first-order valence-electron chi connectivity index (χ1n) is 5.02. The Labute approximate surface area is 110 Å². The van der Waals surface area contributed by atoms with Gasteiger partial charge in [-0.1, -0.05) is 6.07 Å². The fraction of sp³-hybridized carbons (Fsp3) is 0. The number of amides is 1. The van der Waals surface area contributed by atoms with Crippen molar-refractivity contribution in [3.63, 3.8) is 0 Å². The number of halogens is 2. The Hall–Kier alpha value is -1.95. The summed E-state index contributed by atoms with van der Waals surface area (Å²) in [5, 5.41) is 2.43. The molecule has 18 heavy (non-hydrogen) atoms. The fourth-order valence-electron chi connectivity index (χ4n) is 1.35. The zero-order chi connectivity index (χ0) is 13.1. The Morgan fingerprint density at radius 1 is 1.28 bits per heavy atom. The molecular weight excluding hydrogens is 303 g/mol. The van der Waals surface area contributed by atoms with Gasteiger partial charge in [-0.15, -0.1) is 0 Å². The topological polar surface area (TPSA) is 62.0 Å². The lowest BCUT2D eigenvalue weighted by molar-refractivity contribution is 0.102. The van der Waals surface area contributed by atoms with Crippen LogP contribution in [0.1, 0.15) is 10.4 Å². The molecule has 0 radical (unpaired) electrons. The van der Waals surface area contributed by atoms with Crippen molar-refractivity contribution in [2.75, 3.05) is 5.32 Å². The Kier molecular flexibility index (Phi) is 3.57. The van der Waals surface area contributed by atoms with Gasteiger partial charge in [0.05, 0.1) is 11.3 Å². The van der Waals surface area contributed by atoms with Crippen LogP contribution in [0.2, 0.25) is 0 Å². The third-order valence-electron chi connectivity index (χ3n) is 2.25. The number of benzene rings is 1. The molecule has 0 atom stereocenters. The number of carbonyl (C=O) groups excluding carboxylic acids is 1. The molecule has 2 N–H and O–H groups in total. The maximum Gasteiger partial charge on any atom is 0.257 e. The summed E-state index contributed by atoms with van der Waals surface area (Å²) in [7, 11) is 0. The second-order valence-corrected chi connectivity index (χ2v) is 4.35. The number of anilines is 1. The zero-order valence-electron chi connectivity index (χ0n) is 9.04. The van der Waals surface area contributed by atoms with E-state index in [1.54, 1.807) is 6.07 Å². The van der Waals surface area contributed by atoms with E-state index in [0.29, 0.717) is 4.47 Å². The van der Waals surface area contributed by atoms with Gasteiger partial charge in [0.15, 0.2) is 0 Å². The number of hydrogen-bond acceptors (Lipinski definition) is 2. The molecule has 1 heterocycles. The van der Waals surface area contributed by atoms with Crippen LogP contribution in [0, 0.1) is 5.82 Å². The first kappa shape index (κ1) is 12.5. The van der Waals surface area contributed by atoms with E-state index in [9.17, 15) is 14.0 Å². The third-order valence-corrected chi connectivity index (χ3v) is 2.91. The van der Waals surface area contributed by atoms with Crippen molar-refractivity contribution in [3.8, 4) is 0 Å². The first-order valence-corrected chi connectivity index (χ1v) is 5.81. The van der Waals surface area contributed by atoms with Crippen molar-refractivity contribution in [1.29, 1.82) is 0 Å². The molecular formula is C12H8BrFN2O2. The average Bonchev–Trinajstić information content (AvgIpc) is 2.34. The SMILES string of the molecule is O=C(Nc1c(F)cccc1Br)c1ccc(=O)[nH]c1. The molecule has 1 aromatic heterocycles. The van der Waals surface area contributed by atoms with E-state index in [0.717, 1.165) is 0 Å². The quantitative estimate of drug-likeness (QED) is 0.895. The monoisotopic (exact) mass is 310 g/mol. The van der Waals surface area contributed by atoms with Crippen LogP contribution in [0.5, 0.6) is 0 Å². The van der Waals surface area contributed by atoms with Crippen LogP contribution in [-0.2, 0) is 0 Å². The molecule has 6 heteroatoms. The summed E-state index contributed by atoms with van der Waals surface area (Å²) in [4.78, 5) is 25.0. The molecule has 0 bridgehead atoms. The van der Waals surface area contributed by atoms with Gasteiger partial charge in [0.1, 0.15) is 5.82 Å². The number of nitrogens with one attached hydrogen (secondary N) is 2. The molecule has 2 rings (SSSR count). The van der Waals surface area contributed by atoms with Crippen LogP contribution < -0.4 is 10.9 Å². The molecule has 0 aliphatic rings. The summed E-state index contributed by atoms with van der Waals surface area (Å²) >= 11 is 3.15. The maximum atomic E-state index is 13.5. The smallest absolute Gasteiger partial charge is 0.257 e. The van der Waals surface area contributed by atoms with E-state index in [-0.39, 0.29) is 16.8 Å². The van der Waals surface area contributed by atoms with E-state index in [4.69, 9.17) is 0 Å². The van der Waals surface area contributed by atoms with Crippen LogP contribution in [0.4, 0.5) is 10.1 Å². The van der Waals surface area contributed by atoms with Crippen LogP contribution in [0.3, 0.4) is 0 Å². The highest BCUT2D eigenvalue weighted by Crippen LogP contribution is 2.25. The number of para-hydroxylation sites is 1. The van der Waals surface area contributed by atoms with E-state index < -0.39 is 11.7 Å². The molecule has 4 nitrogen and oxygen atoms in total. The Morgan fingerprint density at radius 2 is 2.06 bits per heavy atom. The molecule has 0 aliphatic carbocycles. The van der Waals surface area contributed by atoms with Crippen molar-refractivity contribution in [1.82, 2.24) is 4.98 Å². The predicted molar refractivity (Wildman–Crippen MR) is 69.1 cm³/mol. The van der Waals surface area contributed by atoms with Gasteiger partial charge in [-0.25, -0.2) is 4.39 Å². The lowest BCUT2D eigenvalue weighted by atomic mass is 10.2. The third kappa shape index (κ3) is 2.65. The molecule has 0 saturated carbocycles. The number of aromatic nitrogens is 1. The number of rotatable bonds is 2. The second kappa shape index (κ2) is 5.14. The molecule has 0 saturated heterocycles. The molecule has 92 valence electrons. The van der Waals surface area contributed by atoms with Crippen molar-refractivity contribution in [2.24, 2.45) is 0 Å². The minimum atomic E-state index is -0.540. The summed E-state index contributed by atoms with van der Waals surface area (Å²) in [6, 6.07) is 6.97. The van der Waals surface area contributed by atoms with Crippen LogP contribution >= 0.6 is 15.9 Å². The highest BCUT2D eigenvalue weighted by atomic mass is 79.9. The van der Waals surface area contributed by atoms with Crippen LogP contribution in [0.25, 0.3) is 0 Å². The van der Waals surface area contributed by atoms with Gasteiger partial charge in [0, 0.05) is 16.7 Å². The summed E-state index contributed by atoms with van der Waals surface area (Å²) < 4.78 is 13.9. The number of carbonyl (C=O) groups is 1. The lowest BCUT2D eigenvalue weighted by Gasteiger charge is -2.08. The minimum absolute atomic E-state index is 0.0636. The molecule has 0 unspecified atom stereocenters. The minimum Gasteiger partial charge on any atom is -0.328 e. The van der Waals surface area contributed by atoms with Crippen molar-refractivity contribution < 1.29 is 9.18 Å². The van der Waals surface area contributed by atoms with Crippen molar-refractivity contribution in [3.05, 3.63) is 62.7 Å².